The van der Waals surface area contributed by atoms with E-state index in [-0.39, 0.29) is 11.6 Å². The lowest BCUT2D eigenvalue weighted by Gasteiger charge is -2.17. The molecule has 0 fully saturated rings. The molecule has 2 aromatic rings. The number of nitrogens with zero attached hydrogens (tertiary/aromatic N) is 1. The Balaban J connectivity index is 2.28. The zero-order valence-electron chi connectivity index (χ0n) is 11.6. The summed E-state index contributed by atoms with van der Waals surface area (Å²) < 4.78 is 0. The number of carbonyl (C=O) groups excluding carboxylic acids is 1. The van der Waals surface area contributed by atoms with Gasteiger partial charge in [0.15, 0.2) is 0 Å². The van der Waals surface area contributed by atoms with Gasteiger partial charge in [0.1, 0.15) is 11.7 Å². The topological polar surface area (TPSA) is 79.3 Å². The number of carbonyl (C=O) groups is 2. The van der Waals surface area contributed by atoms with Crippen molar-refractivity contribution in [2.45, 2.75) is 19.9 Å². The summed E-state index contributed by atoms with van der Waals surface area (Å²) in [5.41, 5.74) is 0.753. The van der Waals surface area contributed by atoms with Crippen LogP contribution in [0.25, 0.3) is 10.9 Å². The van der Waals surface area contributed by atoms with Crippen molar-refractivity contribution in [2.24, 2.45) is 5.92 Å². The number of nitrogens with one attached hydrogen (secondary N) is 1. The lowest BCUT2D eigenvalue weighted by molar-refractivity contribution is -0.140. The van der Waals surface area contributed by atoms with Gasteiger partial charge in [-0.3, -0.25) is 4.79 Å². The number of amides is 1. The summed E-state index contributed by atoms with van der Waals surface area (Å²) >= 11 is 5.90. The number of pyridine rings is 1. The molecule has 0 bridgehead atoms. The lowest BCUT2D eigenvalue weighted by atomic mass is 10.0. The van der Waals surface area contributed by atoms with E-state index in [9.17, 15) is 9.59 Å². The van der Waals surface area contributed by atoms with Crippen molar-refractivity contribution in [3.8, 4) is 0 Å². The SMILES string of the molecule is CC(C)[C@H](NC(=O)c1ccc2ccc(Cl)cc2n1)C(=O)O. The first-order valence-corrected chi connectivity index (χ1v) is 6.86. The molecule has 2 rings (SSSR count). The molecule has 0 aliphatic rings. The molecule has 0 saturated heterocycles. The number of halogens is 1. The van der Waals surface area contributed by atoms with Gasteiger partial charge in [0.05, 0.1) is 5.52 Å². The first-order valence-electron chi connectivity index (χ1n) is 6.48. The van der Waals surface area contributed by atoms with Crippen molar-refractivity contribution in [3.05, 3.63) is 41.0 Å². The first kappa shape index (κ1) is 15.3. The molecule has 1 aromatic carbocycles. The number of carboxylic acids is 1. The summed E-state index contributed by atoms with van der Waals surface area (Å²) in [4.78, 5) is 27.5. The van der Waals surface area contributed by atoms with E-state index >= 15 is 0 Å². The maximum atomic E-state index is 12.1. The maximum Gasteiger partial charge on any atom is 0.326 e. The summed E-state index contributed by atoms with van der Waals surface area (Å²) in [5, 5.41) is 13.0. The van der Waals surface area contributed by atoms with Gasteiger partial charge in [-0.25, -0.2) is 9.78 Å². The number of hydrogen-bond acceptors (Lipinski definition) is 3. The van der Waals surface area contributed by atoms with E-state index in [4.69, 9.17) is 16.7 Å². The minimum Gasteiger partial charge on any atom is -0.480 e. The number of benzene rings is 1. The molecule has 0 unspecified atom stereocenters. The third-order valence-electron chi connectivity index (χ3n) is 3.11. The van der Waals surface area contributed by atoms with Crippen LogP contribution in [0, 0.1) is 5.92 Å². The van der Waals surface area contributed by atoms with Crippen LogP contribution >= 0.6 is 11.6 Å². The van der Waals surface area contributed by atoms with Crippen LogP contribution in [0.5, 0.6) is 0 Å². The van der Waals surface area contributed by atoms with Gasteiger partial charge in [-0.1, -0.05) is 37.6 Å². The number of carboxylic acid groups (broad SMARTS) is 1. The molecule has 1 amide bonds. The number of fused-ring (bicyclic) bond motifs is 1. The molecular formula is C15H15ClN2O3. The number of aliphatic carboxylic acids is 1. The number of aromatic nitrogens is 1. The average molecular weight is 307 g/mol. The second kappa shape index (κ2) is 6.10. The Bertz CT molecular complexity index is 700. The fourth-order valence-electron chi connectivity index (χ4n) is 1.95. The number of hydrogen-bond donors (Lipinski definition) is 2. The van der Waals surface area contributed by atoms with Crippen molar-refractivity contribution in [2.75, 3.05) is 0 Å². The zero-order chi connectivity index (χ0) is 15.6. The molecular weight excluding hydrogens is 292 g/mol. The van der Waals surface area contributed by atoms with Gasteiger partial charge in [-0.15, -0.1) is 0 Å². The summed E-state index contributed by atoms with van der Waals surface area (Å²) in [6, 6.07) is 7.56. The van der Waals surface area contributed by atoms with E-state index in [1.54, 1.807) is 44.2 Å². The van der Waals surface area contributed by atoms with Gasteiger partial charge in [-0.05, 0) is 24.1 Å². The van der Waals surface area contributed by atoms with Gasteiger partial charge in [-0.2, -0.15) is 0 Å². The van der Waals surface area contributed by atoms with E-state index in [1.807, 2.05) is 0 Å². The predicted molar refractivity (Wildman–Crippen MR) is 80.5 cm³/mol. The highest BCUT2D eigenvalue weighted by molar-refractivity contribution is 6.31. The van der Waals surface area contributed by atoms with Gasteiger partial charge in [0.25, 0.3) is 5.91 Å². The molecule has 0 spiro atoms. The second-order valence-electron chi connectivity index (χ2n) is 5.07. The molecule has 0 aliphatic carbocycles. The summed E-state index contributed by atoms with van der Waals surface area (Å²) in [5.74, 6) is -1.80. The highest BCUT2D eigenvalue weighted by atomic mass is 35.5. The Morgan fingerprint density at radius 3 is 2.52 bits per heavy atom. The zero-order valence-corrected chi connectivity index (χ0v) is 12.4. The molecule has 1 atom stereocenters. The third-order valence-corrected chi connectivity index (χ3v) is 3.34. The van der Waals surface area contributed by atoms with E-state index in [0.717, 1.165) is 5.39 Å². The van der Waals surface area contributed by atoms with Crippen molar-refractivity contribution >= 4 is 34.4 Å². The predicted octanol–water partition coefficient (Wildman–Crippen LogP) is 2.73. The normalized spacial score (nSPS) is 12.4. The molecule has 0 aliphatic heterocycles. The molecule has 6 heteroatoms. The van der Waals surface area contributed by atoms with Crippen LogP contribution in [0.4, 0.5) is 0 Å². The molecule has 5 nitrogen and oxygen atoms in total. The smallest absolute Gasteiger partial charge is 0.326 e. The standard InChI is InChI=1S/C15H15ClN2O3/c1-8(2)13(15(20)21)18-14(19)11-6-4-9-3-5-10(16)7-12(9)17-11/h3-8,13H,1-2H3,(H,18,19)(H,20,21)/t13-/m0/s1. The molecule has 110 valence electrons. The van der Waals surface area contributed by atoms with E-state index in [0.29, 0.717) is 10.5 Å². The third kappa shape index (κ3) is 3.49. The quantitative estimate of drug-likeness (QED) is 0.910. The van der Waals surface area contributed by atoms with Crippen LogP contribution in [0.3, 0.4) is 0 Å². The molecule has 0 radical (unpaired) electrons. The van der Waals surface area contributed by atoms with E-state index in [2.05, 4.69) is 10.3 Å². The second-order valence-corrected chi connectivity index (χ2v) is 5.50. The molecule has 21 heavy (non-hydrogen) atoms. The van der Waals surface area contributed by atoms with Gasteiger partial charge >= 0.3 is 5.97 Å². The lowest BCUT2D eigenvalue weighted by Crippen LogP contribution is -2.44. The monoisotopic (exact) mass is 306 g/mol. The van der Waals surface area contributed by atoms with Crippen LogP contribution in [0.2, 0.25) is 5.02 Å². The largest absolute Gasteiger partial charge is 0.480 e. The summed E-state index contributed by atoms with van der Waals surface area (Å²) in [6.45, 7) is 3.46. The van der Waals surface area contributed by atoms with E-state index < -0.39 is 17.9 Å². The molecule has 1 aromatic heterocycles. The number of rotatable bonds is 4. The van der Waals surface area contributed by atoms with Crippen molar-refractivity contribution in [1.29, 1.82) is 0 Å². The van der Waals surface area contributed by atoms with Crippen molar-refractivity contribution in [1.82, 2.24) is 10.3 Å². The van der Waals surface area contributed by atoms with Crippen LogP contribution in [0.15, 0.2) is 30.3 Å². The van der Waals surface area contributed by atoms with Gasteiger partial charge < -0.3 is 10.4 Å². The minimum absolute atomic E-state index is 0.164. The highest BCUT2D eigenvalue weighted by Crippen LogP contribution is 2.18. The Morgan fingerprint density at radius 2 is 1.90 bits per heavy atom. The molecule has 0 saturated carbocycles. The van der Waals surface area contributed by atoms with E-state index in [1.165, 1.54) is 0 Å². The fraction of sp³-hybridized carbons (Fsp3) is 0.267. The minimum atomic E-state index is -1.07. The Morgan fingerprint density at radius 1 is 1.24 bits per heavy atom. The Labute approximate surface area is 126 Å². The van der Waals surface area contributed by atoms with Gasteiger partial charge in [0.2, 0.25) is 0 Å². The molecule has 2 N–H and O–H groups in total. The van der Waals surface area contributed by atoms with Gasteiger partial charge in [0, 0.05) is 10.4 Å². The molecule has 1 heterocycles. The van der Waals surface area contributed by atoms with Crippen LogP contribution < -0.4 is 5.32 Å². The summed E-state index contributed by atoms with van der Waals surface area (Å²) in [6.07, 6.45) is 0. The Hall–Kier alpha value is -2.14. The highest BCUT2D eigenvalue weighted by Gasteiger charge is 2.24. The fourth-order valence-corrected chi connectivity index (χ4v) is 2.11. The van der Waals surface area contributed by atoms with Crippen molar-refractivity contribution in [3.63, 3.8) is 0 Å². The van der Waals surface area contributed by atoms with Crippen LogP contribution in [-0.4, -0.2) is 28.0 Å². The average Bonchev–Trinajstić information content (AvgIpc) is 2.42. The van der Waals surface area contributed by atoms with Crippen LogP contribution in [-0.2, 0) is 4.79 Å². The summed E-state index contributed by atoms with van der Waals surface area (Å²) in [7, 11) is 0. The maximum absolute atomic E-state index is 12.1. The van der Waals surface area contributed by atoms with Crippen molar-refractivity contribution < 1.29 is 14.7 Å². The first-order chi connectivity index (χ1) is 9.88. The van der Waals surface area contributed by atoms with Crippen LogP contribution in [0.1, 0.15) is 24.3 Å². The Kier molecular flexibility index (Phi) is 4.43.